The van der Waals surface area contributed by atoms with Crippen molar-refractivity contribution in [3.8, 4) is 0 Å². The summed E-state index contributed by atoms with van der Waals surface area (Å²) in [6, 6.07) is 0. The minimum Gasteiger partial charge on any atom is -0.481 e. The lowest BCUT2D eigenvalue weighted by atomic mass is 9.94. The molecule has 0 atom stereocenters. The monoisotopic (exact) mass is 528 g/mol. The number of carboxylic acids is 1. The van der Waals surface area contributed by atoms with Crippen molar-refractivity contribution in [2.75, 3.05) is 0 Å². The molecule has 8 heteroatoms. The predicted molar refractivity (Wildman–Crippen MR) is 151 cm³/mol. The van der Waals surface area contributed by atoms with Crippen LogP contribution in [0.1, 0.15) is 145 Å². The largest absolute Gasteiger partial charge is 0.481 e. The van der Waals surface area contributed by atoms with Crippen LogP contribution in [0.15, 0.2) is 0 Å². The first-order valence-corrected chi connectivity index (χ1v) is 13.5. The predicted octanol–water partition coefficient (Wildman–Crippen LogP) is 6.57. The van der Waals surface area contributed by atoms with Crippen molar-refractivity contribution in [3.05, 3.63) is 45.6 Å². The average molecular weight is 529 g/mol. The van der Waals surface area contributed by atoms with E-state index in [1.165, 1.54) is 0 Å². The second-order valence-corrected chi connectivity index (χ2v) is 12.0. The molecular formula is C30H48N4O4. The fourth-order valence-electron chi connectivity index (χ4n) is 4.23. The molecule has 2 aromatic heterocycles. The van der Waals surface area contributed by atoms with Crippen molar-refractivity contribution >= 4 is 11.9 Å². The van der Waals surface area contributed by atoms with E-state index >= 15 is 0 Å². The molecule has 38 heavy (non-hydrogen) atoms. The lowest BCUT2D eigenvalue weighted by Crippen LogP contribution is -2.26. The zero-order valence-corrected chi connectivity index (χ0v) is 25.7. The van der Waals surface area contributed by atoms with Crippen LogP contribution in [0.4, 0.5) is 0 Å². The Balaban J connectivity index is 0.000000389. The van der Waals surface area contributed by atoms with Crippen molar-refractivity contribution < 1.29 is 19.4 Å². The minimum absolute atomic E-state index is 0.00130. The first-order chi connectivity index (χ1) is 17.3. The van der Waals surface area contributed by atoms with Crippen LogP contribution in [-0.2, 0) is 27.2 Å². The zero-order chi connectivity index (χ0) is 29.5. The lowest BCUT2D eigenvalue weighted by Gasteiger charge is -2.22. The summed E-state index contributed by atoms with van der Waals surface area (Å²) in [6.45, 7) is 25.8. The molecule has 0 unspecified atom stereocenters. The van der Waals surface area contributed by atoms with E-state index in [-0.39, 0.29) is 42.5 Å². The maximum absolute atomic E-state index is 12.2. The van der Waals surface area contributed by atoms with Crippen molar-refractivity contribution in [2.24, 2.45) is 0 Å². The number of carbonyl (C=O) groups excluding carboxylic acids is 1. The lowest BCUT2D eigenvalue weighted by molar-refractivity contribution is -0.154. The first-order valence-electron chi connectivity index (χ1n) is 13.5. The molecule has 0 aliphatic heterocycles. The van der Waals surface area contributed by atoms with Gasteiger partial charge in [0.15, 0.2) is 0 Å². The standard InChI is InChI=1S/C17H28N2O2.C13H20N2O2/c1-10(2)15-13(9-14(20)21-17(6,7)8)16(11(3)4)19-12(5)18-15;1-7(2)12-10(6-11(16)17)13(8(3)4)15-9(5)14-12/h10-11H,9H2,1-8H3;7-8H,6H2,1-5H3,(H,16,17). The van der Waals surface area contributed by atoms with Gasteiger partial charge in [0.2, 0.25) is 0 Å². The summed E-state index contributed by atoms with van der Waals surface area (Å²) in [6.07, 6.45) is 0.236. The molecule has 0 fully saturated rings. The van der Waals surface area contributed by atoms with Crippen LogP contribution < -0.4 is 0 Å². The molecule has 0 aliphatic carbocycles. The van der Waals surface area contributed by atoms with Gasteiger partial charge in [0, 0.05) is 11.1 Å². The molecule has 0 spiro atoms. The number of carbonyl (C=O) groups is 2. The Labute approximate surface area is 229 Å². The van der Waals surface area contributed by atoms with E-state index in [1.807, 2.05) is 62.3 Å². The van der Waals surface area contributed by atoms with E-state index in [2.05, 4.69) is 47.6 Å². The van der Waals surface area contributed by atoms with Crippen molar-refractivity contribution in [3.63, 3.8) is 0 Å². The molecular weight excluding hydrogens is 480 g/mol. The van der Waals surface area contributed by atoms with Gasteiger partial charge in [-0.15, -0.1) is 0 Å². The Bertz CT molecular complexity index is 1060. The van der Waals surface area contributed by atoms with Crippen LogP contribution in [0.5, 0.6) is 0 Å². The third-order valence-corrected chi connectivity index (χ3v) is 5.62. The molecule has 0 aromatic carbocycles. The van der Waals surface area contributed by atoms with Gasteiger partial charge in [-0.1, -0.05) is 55.4 Å². The number of hydrogen-bond acceptors (Lipinski definition) is 7. The van der Waals surface area contributed by atoms with Gasteiger partial charge in [-0.25, -0.2) is 19.9 Å². The third kappa shape index (κ3) is 10.1. The van der Waals surface area contributed by atoms with Gasteiger partial charge in [0.05, 0.1) is 35.6 Å². The Morgan fingerprint density at radius 2 is 0.947 bits per heavy atom. The van der Waals surface area contributed by atoms with E-state index in [0.29, 0.717) is 5.82 Å². The maximum atomic E-state index is 12.2. The highest BCUT2D eigenvalue weighted by atomic mass is 16.6. The van der Waals surface area contributed by atoms with Gasteiger partial charge in [-0.05, 0) is 58.3 Å². The number of hydrogen-bond donors (Lipinski definition) is 1. The highest BCUT2D eigenvalue weighted by Crippen LogP contribution is 2.27. The van der Waals surface area contributed by atoms with E-state index in [9.17, 15) is 9.59 Å². The quantitative estimate of drug-likeness (QED) is 0.382. The van der Waals surface area contributed by atoms with E-state index in [0.717, 1.165) is 39.7 Å². The van der Waals surface area contributed by atoms with Crippen LogP contribution >= 0.6 is 0 Å². The van der Waals surface area contributed by atoms with Crippen molar-refractivity contribution in [1.29, 1.82) is 0 Å². The SMILES string of the molecule is Cc1nc(C(C)C)c(CC(=O)O)c(C(C)C)n1.Cc1nc(C(C)C)c(CC(=O)OC(C)(C)C)c(C(C)C)n1. The fourth-order valence-corrected chi connectivity index (χ4v) is 4.23. The molecule has 8 nitrogen and oxygen atoms in total. The molecule has 212 valence electrons. The van der Waals surface area contributed by atoms with Gasteiger partial charge >= 0.3 is 11.9 Å². The van der Waals surface area contributed by atoms with Crippen molar-refractivity contribution in [1.82, 2.24) is 19.9 Å². The molecule has 0 bridgehead atoms. The van der Waals surface area contributed by atoms with Gasteiger partial charge in [0.25, 0.3) is 0 Å². The fraction of sp³-hybridized carbons (Fsp3) is 0.667. The topological polar surface area (TPSA) is 115 Å². The van der Waals surface area contributed by atoms with Crippen LogP contribution in [0.25, 0.3) is 0 Å². The molecule has 0 radical (unpaired) electrons. The smallest absolute Gasteiger partial charge is 0.310 e. The summed E-state index contributed by atoms with van der Waals surface area (Å²) >= 11 is 0. The molecule has 1 N–H and O–H groups in total. The van der Waals surface area contributed by atoms with E-state index in [1.54, 1.807) is 0 Å². The summed E-state index contributed by atoms with van der Waals surface area (Å²) in [5, 5.41) is 8.99. The second kappa shape index (κ2) is 13.8. The van der Waals surface area contributed by atoms with E-state index < -0.39 is 11.6 Å². The number of nitrogens with zero attached hydrogens (tertiary/aromatic N) is 4. The number of carboxylic acid groups (broad SMARTS) is 1. The summed E-state index contributed by atoms with van der Waals surface area (Å²) in [4.78, 5) is 41.0. The minimum atomic E-state index is -0.832. The van der Waals surface area contributed by atoms with Crippen LogP contribution in [0.2, 0.25) is 0 Å². The number of aliphatic carboxylic acids is 1. The molecule has 0 saturated heterocycles. The normalized spacial score (nSPS) is 11.7. The number of rotatable bonds is 8. The summed E-state index contributed by atoms with van der Waals surface area (Å²) in [7, 11) is 0. The summed E-state index contributed by atoms with van der Waals surface area (Å²) in [5.74, 6) is 1.34. The van der Waals surface area contributed by atoms with Crippen LogP contribution in [-0.4, -0.2) is 42.6 Å². The van der Waals surface area contributed by atoms with Crippen LogP contribution in [0, 0.1) is 13.8 Å². The maximum Gasteiger partial charge on any atom is 0.310 e. The van der Waals surface area contributed by atoms with Gasteiger partial charge < -0.3 is 9.84 Å². The van der Waals surface area contributed by atoms with Gasteiger partial charge in [-0.2, -0.15) is 0 Å². The van der Waals surface area contributed by atoms with E-state index in [4.69, 9.17) is 9.84 Å². The highest BCUT2D eigenvalue weighted by molar-refractivity contribution is 5.74. The average Bonchev–Trinajstić information content (AvgIpc) is 2.73. The summed E-state index contributed by atoms with van der Waals surface area (Å²) < 4.78 is 5.45. The van der Waals surface area contributed by atoms with Gasteiger partial charge in [0.1, 0.15) is 17.2 Å². The first kappa shape index (κ1) is 33.1. The Kier molecular flexibility index (Phi) is 12.0. The molecule has 0 aliphatic rings. The molecule has 0 saturated carbocycles. The Hall–Kier alpha value is -2.90. The Morgan fingerprint density at radius 1 is 0.658 bits per heavy atom. The zero-order valence-electron chi connectivity index (χ0n) is 25.7. The molecule has 2 rings (SSSR count). The number of ether oxygens (including phenoxy) is 1. The third-order valence-electron chi connectivity index (χ3n) is 5.62. The molecule has 0 amide bonds. The number of aryl methyl sites for hydroxylation is 2. The number of aromatic nitrogens is 4. The second-order valence-electron chi connectivity index (χ2n) is 12.0. The number of esters is 1. The Morgan fingerprint density at radius 3 is 1.18 bits per heavy atom. The summed E-state index contributed by atoms with van der Waals surface area (Å²) in [5.41, 5.74) is 4.88. The molecule has 2 aromatic rings. The van der Waals surface area contributed by atoms with Crippen molar-refractivity contribution in [2.45, 2.75) is 132 Å². The highest BCUT2D eigenvalue weighted by Gasteiger charge is 2.23. The molecule has 2 heterocycles. The van der Waals surface area contributed by atoms with Gasteiger partial charge in [-0.3, -0.25) is 9.59 Å². The van der Waals surface area contributed by atoms with Crippen LogP contribution in [0.3, 0.4) is 0 Å².